The Balaban J connectivity index is 1.41. The van der Waals surface area contributed by atoms with Gasteiger partial charge in [0.25, 0.3) is 0 Å². The van der Waals surface area contributed by atoms with Crippen LogP contribution in [-0.4, -0.2) is 43.4 Å². The third-order valence-electron chi connectivity index (χ3n) is 12.3. The normalized spacial score (nSPS) is 44.4. The van der Waals surface area contributed by atoms with Crippen LogP contribution in [0.4, 0.5) is 0 Å². The van der Waals surface area contributed by atoms with Crippen LogP contribution in [0.5, 0.6) is 0 Å². The monoisotopic (exact) mass is 588 g/mol. The molecule has 224 valence electrons. The number of hydrogen-bond donors (Lipinski definition) is 0. The van der Waals surface area contributed by atoms with E-state index in [1.807, 2.05) is 0 Å². The van der Waals surface area contributed by atoms with Gasteiger partial charge in [0.05, 0.1) is 35.9 Å². The van der Waals surface area contributed by atoms with Gasteiger partial charge in [-0.15, -0.1) is 11.6 Å². The highest BCUT2D eigenvalue weighted by atomic mass is 35.5. The molecule has 4 saturated carbocycles. The van der Waals surface area contributed by atoms with Crippen molar-refractivity contribution in [1.29, 1.82) is 0 Å². The standard InChI is InChI=1S/C34H53ClO4Si/c1-31(2,3)40(7,8)39-26-18-17-23-27-28(25(20-34(23,26)35)36-21-22-14-10-9-11-15-22)33(6)19-13-12-16-24(33)29-30(27)38-32(4,5)37-29/h9-11,14-15,23-30H,12-13,16-21H2,1-8H3/t23?,24?,25?,26-,27?,28?,29+,30+,33-,34+/m0/s1. The largest absolute Gasteiger partial charge is 0.412 e. The lowest BCUT2D eigenvalue weighted by molar-refractivity contribution is -0.212. The molecule has 0 N–H and O–H groups in total. The van der Waals surface area contributed by atoms with Crippen molar-refractivity contribution in [3.05, 3.63) is 35.9 Å². The number of rotatable bonds is 5. The highest BCUT2D eigenvalue weighted by Crippen LogP contribution is 2.68. The molecule has 40 heavy (non-hydrogen) atoms. The van der Waals surface area contributed by atoms with Crippen molar-refractivity contribution >= 4 is 19.9 Å². The molecule has 0 radical (unpaired) electrons. The molecule has 0 amide bonds. The summed E-state index contributed by atoms with van der Waals surface area (Å²) in [5.41, 5.74) is 1.39. The van der Waals surface area contributed by atoms with Gasteiger partial charge >= 0.3 is 0 Å². The van der Waals surface area contributed by atoms with Crippen molar-refractivity contribution in [2.75, 3.05) is 0 Å². The van der Waals surface area contributed by atoms with Crippen LogP contribution in [-0.2, 0) is 25.2 Å². The molecule has 1 saturated heterocycles. The van der Waals surface area contributed by atoms with E-state index < -0.39 is 19.0 Å². The smallest absolute Gasteiger partial charge is 0.192 e. The van der Waals surface area contributed by atoms with Gasteiger partial charge in [-0.2, -0.15) is 0 Å². The van der Waals surface area contributed by atoms with Crippen LogP contribution in [0.25, 0.3) is 0 Å². The summed E-state index contributed by atoms with van der Waals surface area (Å²) in [6.45, 7) is 19.1. The highest BCUT2D eigenvalue weighted by Gasteiger charge is 2.71. The van der Waals surface area contributed by atoms with Crippen molar-refractivity contribution in [3.8, 4) is 0 Å². The molecule has 1 aromatic rings. The van der Waals surface area contributed by atoms with Gasteiger partial charge in [-0.05, 0) is 98.7 Å². The van der Waals surface area contributed by atoms with Gasteiger partial charge in [0, 0.05) is 0 Å². The van der Waals surface area contributed by atoms with E-state index in [1.54, 1.807) is 0 Å². The minimum Gasteiger partial charge on any atom is -0.412 e. The van der Waals surface area contributed by atoms with Gasteiger partial charge in [0.1, 0.15) is 0 Å². The molecule has 5 fully saturated rings. The third kappa shape index (κ3) is 4.77. The summed E-state index contributed by atoms with van der Waals surface area (Å²) in [6.07, 6.45) is 8.34. The van der Waals surface area contributed by atoms with Crippen LogP contribution in [0.15, 0.2) is 30.3 Å². The van der Waals surface area contributed by atoms with E-state index in [1.165, 1.54) is 31.2 Å². The molecule has 5 unspecified atom stereocenters. The summed E-state index contributed by atoms with van der Waals surface area (Å²) in [7, 11) is -2.00. The fourth-order valence-electron chi connectivity index (χ4n) is 9.47. The Kier molecular flexibility index (Phi) is 7.45. The second-order valence-electron chi connectivity index (χ2n) is 16.0. The quantitative estimate of drug-likeness (QED) is 0.254. The van der Waals surface area contributed by atoms with Gasteiger partial charge < -0.3 is 18.6 Å². The van der Waals surface area contributed by atoms with Crippen LogP contribution in [0.2, 0.25) is 18.1 Å². The zero-order valence-corrected chi connectivity index (χ0v) is 27.9. The number of alkyl halides is 1. The first-order valence-corrected chi connectivity index (χ1v) is 19.3. The van der Waals surface area contributed by atoms with Gasteiger partial charge in [-0.25, -0.2) is 0 Å². The summed E-state index contributed by atoms with van der Waals surface area (Å²) < 4.78 is 27.9. The predicted molar refractivity (Wildman–Crippen MR) is 164 cm³/mol. The summed E-state index contributed by atoms with van der Waals surface area (Å²) in [6, 6.07) is 10.6. The average Bonchev–Trinajstić information content (AvgIpc) is 3.37. The molecule has 6 rings (SSSR count). The SMILES string of the molecule is CC1(C)O[C@@H]2C3C(C(OCc4ccccc4)C[C@@]4(Cl)C3CC[C@@H]4O[Si](C)(C)C(C)(C)C)[C@@]3(C)CCCCC3[C@H]2O1. The summed E-state index contributed by atoms with van der Waals surface area (Å²) >= 11 is 7.99. The summed E-state index contributed by atoms with van der Waals surface area (Å²) in [4.78, 5) is -0.448. The van der Waals surface area contributed by atoms with Gasteiger partial charge in [-0.1, -0.05) is 70.9 Å². The molecule has 10 atom stereocenters. The number of benzene rings is 1. The van der Waals surface area contributed by atoms with Crippen LogP contribution in [0, 0.1) is 29.1 Å². The zero-order valence-electron chi connectivity index (χ0n) is 26.2. The maximum absolute atomic E-state index is 7.99. The predicted octanol–water partition coefficient (Wildman–Crippen LogP) is 8.72. The van der Waals surface area contributed by atoms with E-state index in [-0.39, 0.29) is 34.9 Å². The Bertz CT molecular complexity index is 1070. The van der Waals surface area contributed by atoms with Crippen LogP contribution in [0.1, 0.15) is 92.1 Å². The Morgan fingerprint density at radius 1 is 0.950 bits per heavy atom. The van der Waals surface area contributed by atoms with Crippen molar-refractivity contribution in [1.82, 2.24) is 0 Å². The molecule has 4 nitrogen and oxygen atoms in total. The molecule has 0 aromatic heterocycles. The lowest BCUT2D eigenvalue weighted by atomic mass is 9.45. The Morgan fingerprint density at radius 3 is 2.35 bits per heavy atom. The van der Waals surface area contributed by atoms with E-state index >= 15 is 0 Å². The molecular weight excluding hydrogens is 536 g/mol. The van der Waals surface area contributed by atoms with E-state index in [2.05, 4.69) is 85.0 Å². The lowest BCUT2D eigenvalue weighted by Crippen LogP contribution is -2.68. The Hall–Kier alpha value is -0.433. The molecular formula is C34H53ClO4Si. The van der Waals surface area contributed by atoms with Gasteiger partial charge in [0.2, 0.25) is 0 Å². The molecule has 1 aromatic carbocycles. The molecule has 0 spiro atoms. The van der Waals surface area contributed by atoms with E-state index in [0.29, 0.717) is 30.3 Å². The van der Waals surface area contributed by atoms with Crippen molar-refractivity contribution in [2.24, 2.45) is 29.1 Å². The first-order chi connectivity index (χ1) is 18.7. The number of halogens is 1. The summed E-state index contributed by atoms with van der Waals surface area (Å²) in [5.74, 6) is 0.996. The average molecular weight is 589 g/mol. The second-order valence-corrected chi connectivity index (χ2v) is 21.5. The maximum atomic E-state index is 7.99. The van der Waals surface area contributed by atoms with Crippen molar-refractivity contribution in [3.63, 3.8) is 0 Å². The molecule has 1 aliphatic heterocycles. The molecule has 0 bridgehead atoms. The minimum absolute atomic E-state index is 0.0505. The zero-order chi connectivity index (χ0) is 28.7. The van der Waals surface area contributed by atoms with E-state index in [4.69, 9.17) is 30.2 Å². The molecule has 1 heterocycles. The molecule has 6 heteroatoms. The minimum atomic E-state index is -2.00. The summed E-state index contributed by atoms with van der Waals surface area (Å²) in [5, 5.41) is 0.143. The number of fused-ring (bicyclic) bond motifs is 8. The van der Waals surface area contributed by atoms with Crippen LogP contribution in [0.3, 0.4) is 0 Å². The van der Waals surface area contributed by atoms with Gasteiger partial charge in [-0.3, -0.25) is 0 Å². The molecule has 4 aliphatic carbocycles. The van der Waals surface area contributed by atoms with Crippen LogP contribution >= 0.6 is 11.6 Å². The highest BCUT2D eigenvalue weighted by molar-refractivity contribution is 6.74. The first-order valence-electron chi connectivity index (χ1n) is 16.0. The third-order valence-corrected chi connectivity index (χ3v) is 17.4. The lowest BCUT2D eigenvalue weighted by Gasteiger charge is -2.64. The van der Waals surface area contributed by atoms with Crippen molar-refractivity contribution in [2.45, 2.75) is 146 Å². The van der Waals surface area contributed by atoms with E-state index in [0.717, 1.165) is 19.3 Å². The number of hydrogen-bond acceptors (Lipinski definition) is 4. The van der Waals surface area contributed by atoms with E-state index in [9.17, 15) is 0 Å². The van der Waals surface area contributed by atoms with Crippen LogP contribution < -0.4 is 0 Å². The Labute approximate surface area is 249 Å². The first kappa shape index (κ1) is 29.6. The maximum Gasteiger partial charge on any atom is 0.192 e. The molecule has 5 aliphatic rings. The number of ether oxygens (including phenoxy) is 3. The second kappa shape index (κ2) is 10.1. The fourth-order valence-corrected chi connectivity index (χ4v) is 11.5. The Morgan fingerprint density at radius 2 is 1.65 bits per heavy atom. The fraction of sp³-hybridized carbons (Fsp3) is 0.824. The van der Waals surface area contributed by atoms with Gasteiger partial charge in [0.15, 0.2) is 14.1 Å². The topological polar surface area (TPSA) is 36.9 Å². The van der Waals surface area contributed by atoms with Crippen molar-refractivity contribution < 1.29 is 18.6 Å².